The van der Waals surface area contributed by atoms with E-state index in [0.29, 0.717) is 5.41 Å². The van der Waals surface area contributed by atoms with Crippen molar-refractivity contribution in [2.24, 2.45) is 5.92 Å². The minimum Gasteiger partial charge on any atom is -0.383 e. The van der Waals surface area contributed by atoms with Crippen LogP contribution in [0.15, 0.2) is 28.7 Å². The summed E-state index contributed by atoms with van der Waals surface area (Å²) >= 11 is 3.54. The van der Waals surface area contributed by atoms with Crippen molar-refractivity contribution >= 4 is 15.9 Å². The molecule has 1 saturated carbocycles. The molecule has 1 N–H and O–H groups in total. The highest BCUT2D eigenvalue weighted by atomic mass is 79.9. The second-order valence-electron chi connectivity index (χ2n) is 6.14. The van der Waals surface area contributed by atoms with E-state index in [1.807, 2.05) is 0 Å². The zero-order valence-electron chi connectivity index (χ0n) is 12.6. The zero-order chi connectivity index (χ0) is 14.4. The summed E-state index contributed by atoms with van der Waals surface area (Å²) in [5, 5.41) is 3.59. The van der Waals surface area contributed by atoms with E-state index in [1.54, 1.807) is 7.11 Å². The van der Waals surface area contributed by atoms with Crippen molar-refractivity contribution in [3.05, 3.63) is 34.3 Å². The smallest absolute Gasteiger partial charge is 0.0587 e. The van der Waals surface area contributed by atoms with Gasteiger partial charge < -0.3 is 10.1 Å². The summed E-state index contributed by atoms with van der Waals surface area (Å²) in [5.74, 6) is 0.873. The van der Waals surface area contributed by atoms with Crippen molar-refractivity contribution in [1.29, 1.82) is 0 Å². The molecule has 1 aliphatic carbocycles. The van der Waals surface area contributed by atoms with E-state index in [2.05, 4.69) is 52.4 Å². The average molecular weight is 340 g/mol. The summed E-state index contributed by atoms with van der Waals surface area (Å²) in [4.78, 5) is 0. The van der Waals surface area contributed by atoms with E-state index < -0.39 is 0 Å². The Hall–Kier alpha value is -0.380. The van der Waals surface area contributed by atoms with Crippen LogP contribution >= 0.6 is 15.9 Å². The van der Waals surface area contributed by atoms with E-state index in [-0.39, 0.29) is 0 Å². The van der Waals surface area contributed by atoms with Gasteiger partial charge in [-0.15, -0.1) is 0 Å². The standard InChI is InChI=1S/C17H26BrNO/c1-14-7-9-17(10-8-14,13-19-11-12-20-2)15-3-5-16(18)6-4-15/h3-6,14,19H,7-13H2,1-2H3. The van der Waals surface area contributed by atoms with Crippen LogP contribution in [0.2, 0.25) is 0 Å². The Bertz CT molecular complexity index is 396. The number of hydrogen-bond donors (Lipinski definition) is 1. The van der Waals surface area contributed by atoms with Crippen molar-refractivity contribution < 1.29 is 4.74 Å². The summed E-state index contributed by atoms with van der Waals surface area (Å²) in [6.07, 6.45) is 5.25. The molecule has 0 amide bonds. The van der Waals surface area contributed by atoms with E-state index in [1.165, 1.54) is 31.2 Å². The molecule has 0 aliphatic heterocycles. The van der Waals surface area contributed by atoms with Gasteiger partial charge in [-0.1, -0.05) is 35.0 Å². The van der Waals surface area contributed by atoms with Crippen molar-refractivity contribution in [3.63, 3.8) is 0 Å². The van der Waals surface area contributed by atoms with Crippen LogP contribution in [-0.2, 0) is 10.2 Å². The lowest BCUT2D eigenvalue weighted by molar-refractivity contribution is 0.187. The van der Waals surface area contributed by atoms with Crippen LogP contribution in [-0.4, -0.2) is 26.8 Å². The molecular weight excluding hydrogens is 314 g/mol. The quantitative estimate of drug-likeness (QED) is 0.786. The van der Waals surface area contributed by atoms with Crippen LogP contribution in [0.25, 0.3) is 0 Å². The maximum atomic E-state index is 5.13. The predicted octanol–water partition coefficient (Wildman–Crippen LogP) is 4.13. The summed E-state index contributed by atoms with van der Waals surface area (Å²) in [7, 11) is 1.76. The third-order valence-corrected chi connectivity index (χ3v) is 5.16. The number of rotatable bonds is 6. The lowest BCUT2D eigenvalue weighted by Crippen LogP contribution is -2.42. The van der Waals surface area contributed by atoms with E-state index in [4.69, 9.17) is 4.74 Å². The Morgan fingerprint density at radius 3 is 2.50 bits per heavy atom. The van der Waals surface area contributed by atoms with Gasteiger partial charge in [-0.2, -0.15) is 0 Å². The van der Waals surface area contributed by atoms with Gasteiger partial charge in [0, 0.05) is 30.1 Å². The molecule has 2 rings (SSSR count). The highest BCUT2D eigenvalue weighted by molar-refractivity contribution is 9.10. The van der Waals surface area contributed by atoms with Gasteiger partial charge >= 0.3 is 0 Å². The van der Waals surface area contributed by atoms with Crippen molar-refractivity contribution in [2.45, 2.75) is 38.0 Å². The van der Waals surface area contributed by atoms with Gasteiger partial charge in [0.05, 0.1) is 6.61 Å². The van der Waals surface area contributed by atoms with Crippen molar-refractivity contribution in [3.8, 4) is 0 Å². The van der Waals surface area contributed by atoms with Gasteiger partial charge in [-0.25, -0.2) is 0 Å². The Kier molecular flexibility index (Phi) is 6.06. The van der Waals surface area contributed by atoms with E-state index in [9.17, 15) is 0 Å². The summed E-state index contributed by atoms with van der Waals surface area (Å²) in [6.45, 7) is 5.16. The Morgan fingerprint density at radius 1 is 1.25 bits per heavy atom. The number of benzene rings is 1. The number of hydrogen-bond acceptors (Lipinski definition) is 2. The molecule has 0 radical (unpaired) electrons. The first-order chi connectivity index (χ1) is 9.66. The predicted molar refractivity (Wildman–Crippen MR) is 88.2 cm³/mol. The van der Waals surface area contributed by atoms with Gasteiger partial charge in [0.15, 0.2) is 0 Å². The molecule has 1 aromatic carbocycles. The van der Waals surface area contributed by atoms with Crippen molar-refractivity contribution in [2.75, 3.05) is 26.8 Å². The fourth-order valence-corrected chi connectivity index (χ4v) is 3.45. The van der Waals surface area contributed by atoms with Crippen LogP contribution < -0.4 is 5.32 Å². The van der Waals surface area contributed by atoms with E-state index in [0.717, 1.165) is 30.1 Å². The van der Waals surface area contributed by atoms with Crippen molar-refractivity contribution in [1.82, 2.24) is 5.32 Å². The maximum absolute atomic E-state index is 5.13. The molecular formula is C17H26BrNO. The zero-order valence-corrected chi connectivity index (χ0v) is 14.2. The van der Waals surface area contributed by atoms with Crippen LogP contribution in [0.1, 0.15) is 38.2 Å². The Morgan fingerprint density at radius 2 is 1.90 bits per heavy atom. The largest absolute Gasteiger partial charge is 0.383 e. The molecule has 1 aromatic rings. The van der Waals surface area contributed by atoms with Gasteiger partial charge in [0.2, 0.25) is 0 Å². The fourth-order valence-electron chi connectivity index (χ4n) is 3.19. The summed E-state index contributed by atoms with van der Waals surface area (Å²) < 4.78 is 6.29. The molecule has 0 heterocycles. The Balaban J connectivity index is 2.09. The maximum Gasteiger partial charge on any atom is 0.0587 e. The third kappa shape index (κ3) is 4.06. The highest BCUT2D eigenvalue weighted by Gasteiger charge is 2.35. The Labute approximate surface area is 131 Å². The number of methoxy groups -OCH3 is 1. The molecule has 0 atom stereocenters. The first kappa shape index (κ1) is 16.0. The summed E-state index contributed by atoms with van der Waals surface area (Å²) in [5.41, 5.74) is 1.79. The number of nitrogens with one attached hydrogen (secondary N) is 1. The first-order valence-electron chi connectivity index (χ1n) is 7.62. The molecule has 0 bridgehead atoms. The first-order valence-corrected chi connectivity index (χ1v) is 8.41. The highest BCUT2D eigenvalue weighted by Crippen LogP contribution is 2.41. The lowest BCUT2D eigenvalue weighted by Gasteiger charge is -2.40. The molecule has 2 nitrogen and oxygen atoms in total. The van der Waals surface area contributed by atoms with Crippen LogP contribution in [0.5, 0.6) is 0 Å². The summed E-state index contributed by atoms with van der Waals surface area (Å²) in [6, 6.07) is 8.92. The minimum absolute atomic E-state index is 0.306. The molecule has 0 saturated heterocycles. The molecule has 20 heavy (non-hydrogen) atoms. The third-order valence-electron chi connectivity index (χ3n) is 4.63. The minimum atomic E-state index is 0.306. The average Bonchev–Trinajstić information content (AvgIpc) is 2.47. The molecule has 1 fully saturated rings. The molecule has 0 aromatic heterocycles. The second kappa shape index (κ2) is 7.58. The SMILES string of the molecule is COCCNCC1(c2ccc(Br)cc2)CCC(C)CC1. The fraction of sp³-hybridized carbons (Fsp3) is 0.647. The van der Waals surface area contributed by atoms with Gasteiger partial charge in [0.25, 0.3) is 0 Å². The number of halogens is 1. The van der Waals surface area contributed by atoms with Gasteiger partial charge in [0.1, 0.15) is 0 Å². The topological polar surface area (TPSA) is 21.3 Å². The van der Waals surface area contributed by atoms with Crippen LogP contribution in [0.3, 0.4) is 0 Å². The molecule has 3 heteroatoms. The number of ether oxygens (including phenoxy) is 1. The van der Waals surface area contributed by atoms with Gasteiger partial charge in [-0.3, -0.25) is 0 Å². The second-order valence-corrected chi connectivity index (χ2v) is 7.05. The normalized spacial score (nSPS) is 26.6. The molecule has 0 unspecified atom stereocenters. The van der Waals surface area contributed by atoms with Crippen LogP contribution in [0, 0.1) is 5.92 Å². The van der Waals surface area contributed by atoms with E-state index >= 15 is 0 Å². The molecule has 0 spiro atoms. The molecule has 112 valence electrons. The molecule has 1 aliphatic rings. The van der Waals surface area contributed by atoms with Crippen LogP contribution in [0.4, 0.5) is 0 Å². The van der Waals surface area contributed by atoms with Gasteiger partial charge in [-0.05, 0) is 49.3 Å². The lowest BCUT2D eigenvalue weighted by atomic mass is 9.67. The monoisotopic (exact) mass is 339 g/mol.